The van der Waals surface area contributed by atoms with Crippen LogP contribution in [0.2, 0.25) is 0 Å². The molecular formula is C11H21NS. The Hall–Kier alpha value is 0.0200. The van der Waals surface area contributed by atoms with Crippen LogP contribution in [0, 0.1) is 10.8 Å². The number of hydrogen-bond acceptors (Lipinski definition) is 2. The Balaban J connectivity index is 2.65. The standard InChI is InChI=1S/C11H21NS/c1-10(2,3)8-11(4,5)9-12-6-7-13-9/h6-8H2,1-5H3. The molecule has 0 amide bonds. The van der Waals surface area contributed by atoms with E-state index in [2.05, 4.69) is 39.6 Å². The summed E-state index contributed by atoms with van der Waals surface area (Å²) in [5.74, 6) is 1.18. The summed E-state index contributed by atoms with van der Waals surface area (Å²) in [5.41, 5.74) is 0.675. The van der Waals surface area contributed by atoms with Gasteiger partial charge in [-0.3, -0.25) is 4.99 Å². The van der Waals surface area contributed by atoms with Crippen molar-refractivity contribution in [2.24, 2.45) is 15.8 Å². The molecule has 1 aliphatic rings. The highest BCUT2D eigenvalue weighted by atomic mass is 32.2. The molecule has 13 heavy (non-hydrogen) atoms. The van der Waals surface area contributed by atoms with Crippen LogP contribution in [0.3, 0.4) is 0 Å². The quantitative estimate of drug-likeness (QED) is 0.662. The second kappa shape index (κ2) is 3.64. The zero-order chi connectivity index (χ0) is 10.1. The molecule has 1 rings (SSSR count). The van der Waals surface area contributed by atoms with Crippen molar-refractivity contribution in [2.45, 2.75) is 41.0 Å². The number of hydrogen-bond donors (Lipinski definition) is 0. The molecule has 0 bridgehead atoms. The average Bonchev–Trinajstić information content (AvgIpc) is 2.29. The van der Waals surface area contributed by atoms with Crippen molar-refractivity contribution in [1.82, 2.24) is 0 Å². The number of rotatable bonds is 2. The van der Waals surface area contributed by atoms with Gasteiger partial charge < -0.3 is 0 Å². The van der Waals surface area contributed by atoms with Crippen molar-refractivity contribution < 1.29 is 0 Å². The van der Waals surface area contributed by atoms with Crippen molar-refractivity contribution in [3.05, 3.63) is 0 Å². The van der Waals surface area contributed by atoms with Gasteiger partial charge in [0.15, 0.2) is 0 Å². The Morgan fingerprint density at radius 2 is 1.85 bits per heavy atom. The molecule has 1 heterocycles. The van der Waals surface area contributed by atoms with Crippen molar-refractivity contribution >= 4 is 16.8 Å². The van der Waals surface area contributed by atoms with Gasteiger partial charge in [-0.15, -0.1) is 11.8 Å². The minimum absolute atomic E-state index is 0.277. The Morgan fingerprint density at radius 1 is 1.23 bits per heavy atom. The van der Waals surface area contributed by atoms with E-state index >= 15 is 0 Å². The number of aliphatic imine (C=N–C) groups is 1. The summed E-state index contributed by atoms with van der Waals surface area (Å²) in [6, 6.07) is 0. The first-order valence-corrected chi connectivity index (χ1v) is 5.98. The van der Waals surface area contributed by atoms with Crippen LogP contribution in [0.25, 0.3) is 0 Å². The van der Waals surface area contributed by atoms with Crippen LogP contribution >= 0.6 is 11.8 Å². The van der Waals surface area contributed by atoms with Gasteiger partial charge >= 0.3 is 0 Å². The van der Waals surface area contributed by atoms with Gasteiger partial charge in [-0.05, 0) is 11.8 Å². The van der Waals surface area contributed by atoms with Crippen LogP contribution in [0.5, 0.6) is 0 Å². The highest BCUT2D eigenvalue weighted by Gasteiger charge is 2.31. The summed E-state index contributed by atoms with van der Waals surface area (Å²) in [7, 11) is 0. The molecule has 0 unspecified atom stereocenters. The number of nitrogens with zero attached hydrogens (tertiary/aromatic N) is 1. The third-order valence-corrected chi connectivity index (χ3v) is 3.48. The molecule has 0 aromatic carbocycles. The first kappa shape index (κ1) is 11.1. The van der Waals surface area contributed by atoms with E-state index in [9.17, 15) is 0 Å². The van der Waals surface area contributed by atoms with E-state index in [1.165, 1.54) is 17.2 Å². The third-order valence-electron chi connectivity index (χ3n) is 2.14. The monoisotopic (exact) mass is 199 g/mol. The predicted octanol–water partition coefficient (Wildman–Crippen LogP) is 3.59. The van der Waals surface area contributed by atoms with Crippen LogP contribution in [-0.4, -0.2) is 17.3 Å². The predicted molar refractivity (Wildman–Crippen MR) is 62.6 cm³/mol. The van der Waals surface area contributed by atoms with E-state index in [-0.39, 0.29) is 5.41 Å². The zero-order valence-electron chi connectivity index (χ0n) is 9.48. The van der Waals surface area contributed by atoms with E-state index in [0.29, 0.717) is 5.41 Å². The summed E-state index contributed by atoms with van der Waals surface area (Å²) in [6.45, 7) is 12.6. The smallest absolute Gasteiger partial charge is 0.0733 e. The Kier molecular flexibility index (Phi) is 3.11. The first-order chi connectivity index (χ1) is 5.81. The highest BCUT2D eigenvalue weighted by molar-refractivity contribution is 8.14. The van der Waals surface area contributed by atoms with Gasteiger partial charge in [-0.25, -0.2) is 0 Å². The zero-order valence-corrected chi connectivity index (χ0v) is 10.3. The van der Waals surface area contributed by atoms with Crippen molar-refractivity contribution in [1.29, 1.82) is 0 Å². The third kappa shape index (κ3) is 3.34. The molecule has 0 aliphatic carbocycles. The fourth-order valence-electron chi connectivity index (χ4n) is 2.15. The van der Waals surface area contributed by atoms with E-state index < -0.39 is 0 Å². The lowest BCUT2D eigenvalue weighted by molar-refractivity contribution is 0.281. The summed E-state index contributed by atoms with van der Waals surface area (Å²) in [6.07, 6.45) is 1.21. The average molecular weight is 199 g/mol. The molecule has 1 nitrogen and oxygen atoms in total. The molecular weight excluding hydrogens is 178 g/mol. The van der Waals surface area contributed by atoms with Crippen LogP contribution in [0.15, 0.2) is 4.99 Å². The van der Waals surface area contributed by atoms with Gasteiger partial charge in [0.05, 0.1) is 5.04 Å². The molecule has 2 heteroatoms. The van der Waals surface area contributed by atoms with Crippen LogP contribution in [0.4, 0.5) is 0 Å². The van der Waals surface area contributed by atoms with E-state index in [1.807, 2.05) is 11.8 Å². The van der Waals surface area contributed by atoms with Crippen LogP contribution in [-0.2, 0) is 0 Å². The fraction of sp³-hybridized carbons (Fsp3) is 0.909. The van der Waals surface area contributed by atoms with Gasteiger partial charge in [0.25, 0.3) is 0 Å². The maximum Gasteiger partial charge on any atom is 0.0733 e. The minimum Gasteiger partial charge on any atom is -0.281 e. The van der Waals surface area contributed by atoms with Gasteiger partial charge in [0.1, 0.15) is 0 Å². The lowest BCUT2D eigenvalue weighted by Gasteiger charge is -2.32. The Morgan fingerprint density at radius 3 is 2.23 bits per heavy atom. The van der Waals surface area contributed by atoms with E-state index in [4.69, 9.17) is 0 Å². The van der Waals surface area contributed by atoms with Crippen molar-refractivity contribution in [3.63, 3.8) is 0 Å². The summed E-state index contributed by atoms with van der Waals surface area (Å²) >= 11 is 1.94. The summed E-state index contributed by atoms with van der Waals surface area (Å²) in [5, 5.41) is 1.36. The van der Waals surface area contributed by atoms with Crippen LogP contribution in [0.1, 0.15) is 41.0 Å². The second-order valence-corrected chi connectivity index (χ2v) is 6.74. The minimum atomic E-state index is 0.277. The molecule has 76 valence electrons. The SMILES string of the molecule is CC(C)(C)CC(C)(C)C1=NCCS1. The molecule has 0 spiro atoms. The summed E-state index contributed by atoms with van der Waals surface area (Å²) in [4.78, 5) is 4.57. The molecule has 0 fully saturated rings. The second-order valence-electron chi connectivity index (χ2n) is 5.66. The van der Waals surface area contributed by atoms with Gasteiger partial charge in [-0.1, -0.05) is 34.6 Å². The fourth-order valence-corrected chi connectivity index (χ4v) is 3.17. The number of thioether (sulfide) groups is 1. The lowest BCUT2D eigenvalue weighted by Crippen LogP contribution is -2.26. The Bertz CT molecular complexity index is 211. The first-order valence-electron chi connectivity index (χ1n) is 4.99. The maximum atomic E-state index is 4.57. The lowest BCUT2D eigenvalue weighted by atomic mass is 9.77. The van der Waals surface area contributed by atoms with Crippen molar-refractivity contribution in [2.75, 3.05) is 12.3 Å². The molecule has 0 N–H and O–H groups in total. The van der Waals surface area contributed by atoms with E-state index in [0.717, 1.165) is 6.54 Å². The van der Waals surface area contributed by atoms with Gasteiger partial charge in [0.2, 0.25) is 0 Å². The Labute approximate surface area is 86.4 Å². The molecule has 0 saturated carbocycles. The van der Waals surface area contributed by atoms with Crippen LogP contribution < -0.4 is 0 Å². The molecule has 0 aromatic rings. The molecule has 1 aliphatic heterocycles. The normalized spacial score (nSPS) is 19.0. The van der Waals surface area contributed by atoms with Crippen molar-refractivity contribution in [3.8, 4) is 0 Å². The van der Waals surface area contributed by atoms with Gasteiger partial charge in [0, 0.05) is 17.7 Å². The molecule has 0 aromatic heterocycles. The van der Waals surface area contributed by atoms with Gasteiger partial charge in [-0.2, -0.15) is 0 Å². The molecule has 0 atom stereocenters. The highest BCUT2D eigenvalue weighted by Crippen LogP contribution is 2.38. The summed E-state index contributed by atoms with van der Waals surface area (Å²) < 4.78 is 0. The molecule has 0 saturated heterocycles. The maximum absolute atomic E-state index is 4.57. The largest absolute Gasteiger partial charge is 0.281 e. The topological polar surface area (TPSA) is 12.4 Å². The van der Waals surface area contributed by atoms with E-state index in [1.54, 1.807) is 0 Å². The molecule has 0 radical (unpaired) electrons.